The fraction of sp³-hybridized carbons (Fsp3) is 0.947. The molecule has 0 aromatic carbocycles. The molecule has 2 heterocycles. The maximum atomic E-state index is 12.9. The Hall–Kier alpha value is -0.380. The number of thioether (sulfide) groups is 1. The quantitative estimate of drug-likeness (QED) is 0.469. The highest BCUT2D eigenvalue weighted by atomic mass is 32.2. The zero-order valence-electron chi connectivity index (χ0n) is 16.9. The predicted octanol–water partition coefficient (Wildman–Crippen LogP) is 0.562. The molecule has 2 rings (SSSR count). The van der Waals surface area contributed by atoms with Gasteiger partial charge in [0.15, 0.2) is 0 Å². The van der Waals surface area contributed by atoms with E-state index in [4.69, 9.17) is 4.74 Å². The van der Waals surface area contributed by atoms with E-state index in [-0.39, 0.29) is 11.9 Å². The van der Waals surface area contributed by atoms with Gasteiger partial charge in [0.1, 0.15) is 29.9 Å². The maximum Gasteiger partial charge on any atom is 0.237 e. The van der Waals surface area contributed by atoms with Crippen LogP contribution in [0.15, 0.2) is 0 Å². The molecule has 8 heteroatoms. The van der Waals surface area contributed by atoms with E-state index in [9.17, 15) is 20.1 Å². The van der Waals surface area contributed by atoms with Crippen LogP contribution in [0.3, 0.4) is 0 Å². The van der Waals surface area contributed by atoms with Crippen LogP contribution in [0.25, 0.3) is 0 Å². The van der Waals surface area contributed by atoms with Crippen molar-refractivity contribution in [2.45, 2.75) is 87.9 Å². The third kappa shape index (κ3) is 5.36. The first-order valence-corrected chi connectivity index (χ1v) is 11.4. The molecular weight excluding hydrogens is 368 g/mol. The first-order valence-electron chi connectivity index (χ1n) is 10.1. The number of likely N-dealkylation sites (tertiary alicyclic amines) is 1. The van der Waals surface area contributed by atoms with Crippen LogP contribution >= 0.6 is 11.8 Å². The molecule has 0 aliphatic carbocycles. The van der Waals surface area contributed by atoms with E-state index < -0.39 is 35.9 Å². The third-order valence-corrected chi connectivity index (χ3v) is 6.65. The number of amides is 1. The summed E-state index contributed by atoms with van der Waals surface area (Å²) in [5.74, 6) is 0.487. The van der Waals surface area contributed by atoms with Gasteiger partial charge in [0.05, 0.1) is 12.1 Å². The smallest absolute Gasteiger partial charge is 0.237 e. The van der Waals surface area contributed by atoms with Gasteiger partial charge in [-0.25, -0.2) is 0 Å². The van der Waals surface area contributed by atoms with E-state index in [1.54, 1.807) is 6.26 Å². The Morgan fingerprint density at radius 1 is 1.22 bits per heavy atom. The van der Waals surface area contributed by atoms with Crippen LogP contribution in [0.4, 0.5) is 0 Å². The Kier molecular flexibility index (Phi) is 8.83. The minimum absolute atomic E-state index is 0.0494. The second-order valence-corrected chi connectivity index (χ2v) is 8.86. The number of carbonyl (C=O) groups excluding carboxylic acids is 1. The van der Waals surface area contributed by atoms with E-state index in [0.717, 1.165) is 32.2 Å². The fourth-order valence-electron chi connectivity index (χ4n) is 4.34. The highest BCUT2D eigenvalue weighted by molar-refractivity contribution is 7.99. The van der Waals surface area contributed by atoms with Crippen molar-refractivity contribution < 1.29 is 24.9 Å². The number of hydrogen-bond donors (Lipinski definition) is 4. The standard InChI is InChI=1S/C19H36N2O5S/c1-5-7-11-9-13(21(3)10-11)18(25)20-12(8-6-2)17-15(23)14(22)16(24)19(26-17)27-4/h11-17,19,22-24H,5-10H2,1-4H3,(H,20,25)/t11-,12-,13+,14+,15-,16-,17?,19-/m1/s1. The van der Waals surface area contributed by atoms with Gasteiger partial charge in [-0.15, -0.1) is 11.8 Å². The lowest BCUT2D eigenvalue weighted by molar-refractivity contribution is -0.205. The number of carbonyl (C=O) groups is 1. The van der Waals surface area contributed by atoms with Crippen molar-refractivity contribution in [3.05, 3.63) is 0 Å². The molecule has 0 spiro atoms. The molecule has 0 radical (unpaired) electrons. The van der Waals surface area contributed by atoms with Crippen molar-refractivity contribution in [1.29, 1.82) is 0 Å². The second-order valence-electron chi connectivity index (χ2n) is 7.93. The largest absolute Gasteiger partial charge is 0.388 e. The van der Waals surface area contributed by atoms with Crippen LogP contribution in [-0.4, -0.2) is 87.9 Å². The summed E-state index contributed by atoms with van der Waals surface area (Å²) in [6.45, 7) is 5.09. The summed E-state index contributed by atoms with van der Waals surface area (Å²) >= 11 is 1.28. The normalized spacial score (nSPS) is 38.7. The third-order valence-electron chi connectivity index (χ3n) is 5.80. The molecule has 8 atom stereocenters. The molecule has 2 aliphatic rings. The van der Waals surface area contributed by atoms with Crippen molar-refractivity contribution in [2.24, 2.45) is 5.92 Å². The van der Waals surface area contributed by atoms with Gasteiger partial charge in [0.25, 0.3) is 0 Å². The zero-order valence-corrected chi connectivity index (χ0v) is 17.7. The van der Waals surface area contributed by atoms with Gasteiger partial charge in [-0.2, -0.15) is 0 Å². The van der Waals surface area contributed by atoms with Crippen LogP contribution in [0.1, 0.15) is 46.0 Å². The number of rotatable bonds is 8. The summed E-state index contributed by atoms with van der Waals surface area (Å²) in [4.78, 5) is 15.0. The average Bonchev–Trinajstić information content (AvgIpc) is 3.00. The Labute approximate surface area is 166 Å². The Bertz CT molecular complexity index is 481. The molecule has 4 N–H and O–H groups in total. The summed E-state index contributed by atoms with van der Waals surface area (Å²) in [7, 11) is 1.98. The number of nitrogens with zero attached hydrogens (tertiary/aromatic N) is 1. The van der Waals surface area contributed by atoms with E-state index in [0.29, 0.717) is 12.3 Å². The van der Waals surface area contributed by atoms with Crippen LogP contribution in [0.5, 0.6) is 0 Å². The van der Waals surface area contributed by atoms with Gasteiger partial charge in [0.2, 0.25) is 5.91 Å². The van der Waals surface area contributed by atoms with Gasteiger partial charge in [0, 0.05) is 6.54 Å². The number of hydrogen-bond acceptors (Lipinski definition) is 7. The average molecular weight is 405 g/mol. The maximum absolute atomic E-state index is 12.9. The highest BCUT2D eigenvalue weighted by Crippen LogP contribution is 2.30. The molecule has 2 fully saturated rings. The monoisotopic (exact) mass is 404 g/mol. The van der Waals surface area contributed by atoms with Crippen LogP contribution in [0.2, 0.25) is 0 Å². The van der Waals surface area contributed by atoms with E-state index in [1.165, 1.54) is 11.8 Å². The predicted molar refractivity (Wildman–Crippen MR) is 106 cm³/mol. The summed E-state index contributed by atoms with van der Waals surface area (Å²) in [5, 5.41) is 33.8. The number of likely N-dealkylation sites (N-methyl/N-ethyl adjacent to an activating group) is 1. The van der Waals surface area contributed by atoms with E-state index >= 15 is 0 Å². The molecule has 2 saturated heterocycles. The summed E-state index contributed by atoms with van der Waals surface area (Å²) in [5.41, 5.74) is -0.632. The van der Waals surface area contributed by atoms with Gasteiger partial charge >= 0.3 is 0 Å². The van der Waals surface area contributed by atoms with Gasteiger partial charge in [-0.3, -0.25) is 9.69 Å². The van der Waals surface area contributed by atoms with Crippen molar-refractivity contribution >= 4 is 17.7 Å². The van der Waals surface area contributed by atoms with Crippen molar-refractivity contribution in [1.82, 2.24) is 10.2 Å². The summed E-state index contributed by atoms with van der Waals surface area (Å²) in [6.07, 6.45) is 1.87. The summed E-state index contributed by atoms with van der Waals surface area (Å²) in [6, 6.07) is -0.582. The molecule has 158 valence electrons. The molecule has 7 nitrogen and oxygen atoms in total. The van der Waals surface area contributed by atoms with Crippen LogP contribution in [0, 0.1) is 5.92 Å². The minimum atomic E-state index is -1.29. The van der Waals surface area contributed by atoms with Crippen molar-refractivity contribution in [3.8, 4) is 0 Å². The second kappa shape index (κ2) is 10.4. The van der Waals surface area contributed by atoms with Gasteiger partial charge in [-0.1, -0.05) is 26.7 Å². The van der Waals surface area contributed by atoms with E-state index in [2.05, 4.69) is 17.1 Å². The zero-order chi connectivity index (χ0) is 20.1. The molecule has 0 aromatic heterocycles. The Morgan fingerprint density at radius 2 is 1.93 bits per heavy atom. The molecular formula is C19H36N2O5S. The lowest BCUT2D eigenvalue weighted by atomic mass is 9.92. The molecule has 27 heavy (non-hydrogen) atoms. The SMILES string of the molecule is CCC[C@@H]1C[C@@H](C(=O)N[C@H](CCC)C2O[C@H](SC)[C@H](O)[C@@H](O)[C@H]2O)N(C)C1. The molecule has 1 amide bonds. The molecule has 2 aliphatic heterocycles. The number of nitrogens with one attached hydrogen (secondary N) is 1. The number of ether oxygens (including phenoxy) is 1. The summed E-state index contributed by atoms with van der Waals surface area (Å²) < 4.78 is 5.87. The first-order chi connectivity index (χ1) is 12.8. The number of aliphatic hydroxyl groups excluding tert-OH is 3. The lowest BCUT2D eigenvalue weighted by Crippen LogP contribution is -2.63. The Morgan fingerprint density at radius 3 is 2.52 bits per heavy atom. The topological polar surface area (TPSA) is 102 Å². The van der Waals surface area contributed by atoms with Crippen molar-refractivity contribution in [3.63, 3.8) is 0 Å². The van der Waals surface area contributed by atoms with Gasteiger partial charge in [-0.05, 0) is 38.5 Å². The molecule has 0 saturated carbocycles. The van der Waals surface area contributed by atoms with Crippen LogP contribution in [-0.2, 0) is 9.53 Å². The molecule has 0 aromatic rings. The minimum Gasteiger partial charge on any atom is -0.388 e. The highest BCUT2D eigenvalue weighted by Gasteiger charge is 2.47. The molecule has 1 unspecified atom stereocenters. The van der Waals surface area contributed by atoms with E-state index in [1.807, 2.05) is 14.0 Å². The first kappa shape index (κ1) is 22.9. The number of aliphatic hydroxyl groups is 3. The Balaban J connectivity index is 2.07. The fourth-order valence-corrected chi connectivity index (χ4v) is 5.02. The van der Waals surface area contributed by atoms with Gasteiger partial charge < -0.3 is 25.4 Å². The molecule has 0 bridgehead atoms. The van der Waals surface area contributed by atoms with Crippen molar-refractivity contribution in [2.75, 3.05) is 19.8 Å². The lowest BCUT2D eigenvalue weighted by Gasteiger charge is -2.43. The van der Waals surface area contributed by atoms with Crippen LogP contribution < -0.4 is 5.32 Å².